The van der Waals surface area contributed by atoms with Crippen LogP contribution in [-0.2, 0) is 0 Å². The van der Waals surface area contributed by atoms with E-state index in [0.29, 0.717) is 16.7 Å². The zero-order chi connectivity index (χ0) is 37.9. The maximum absolute atomic E-state index is 8.41. The minimum atomic E-state index is 0.523. The van der Waals surface area contributed by atoms with Crippen LogP contribution in [-0.4, -0.2) is 19.5 Å². The second kappa shape index (κ2) is 13.1. The lowest BCUT2D eigenvalue weighted by Gasteiger charge is -2.17. The van der Waals surface area contributed by atoms with E-state index < -0.39 is 0 Å². The molecule has 0 aliphatic carbocycles. The lowest BCUT2D eigenvalue weighted by atomic mass is 9.94. The van der Waals surface area contributed by atoms with Gasteiger partial charge in [-0.3, -0.25) is 0 Å². The zero-order valence-electron chi connectivity index (χ0n) is 30.6. The van der Waals surface area contributed by atoms with E-state index in [1.807, 2.05) is 66.7 Å². The van der Waals surface area contributed by atoms with Gasteiger partial charge in [0.1, 0.15) is 0 Å². The second-order valence-corrected chi connectivity index (χ2v) is 14.3. The molecule has 57 heavy (non-hydrogen) atoms. The van der Waals surface area contributed by atoms with Gasteiger partial charge >= 0.3 is 0 Å². The molecule has 11 rings (SSSR count). The minimum Gasteiger partial charge on any atom is -0.309 e. The molecule has 0 unspecified atom stereocenters. The van der Waals surface area contributed by atoms with Gasteiger partial charge in [-0.15, -0.1) is 0 Å². The van der Waals surface area contributed by atoms with E-state index in [0.717, 1.165) is 72.3 Å². The summed E-state index contributed by atoms with van der Waals surface area (Å²) in [5.74, 6) is 0. The van der Waals surface area contributed by atoms with Crippen molar-refractivity contribution < 1.29 is 0 Å². The lowest BCUT2D eigenvalue weighted by Crippen LogP contribution is -1.98. The average Bonchev–Trinajstić information content (AvgIpc) is 3.63. The Labute approximate surface area is 328 Å². The number of para-hydroxylation sites is 3. The third-order valence-corrected chi connectivity index (χ3v) is 11.0. The van der Waals surface area contributed by atoms with Crippen molar-refractivity contribution in [2.24, 2.45) is 0 Å². The van der Waals surface area contributed by atoms with Crippen LogP contribution in [0.25, 0.3) is 110 Å². The third kappa shape index (κ3) is 5.27. The van der Waals surface area contributed by atoms with Gasteiger partial charge in [0, 0.05) is 43.9 Å². The Hall–Kier alpha value is -7.94. The fraction of sp³-hybridized carbons (Fsp3) is 0. The Balaban J connectivity index is 1.13. The molecule has 3 heterocycles. The van der Waals surface area contributed by atoms with Crippen LogP contribution in [0.15, 0.2) is 188 Å². The number of aromatic nitrogens is 4. The molecule has 0 spiro atoms. The van der Waals surface area contributed by atoms with Crippen molar-refractivity contribution >= 4 is 60.2 Å². The summed E-state index contributed by atoms with van der Waals surface area (Å²) in [6.45, 7) is 8.41. The first-order valence-electron chi connectivity index (χ1n) is 19.0. The molecule has 0 aliphatic rings. The highest BCUT2D eigenvalue weighted by molar-refractivity contribution is 6.25. The molecule has 3 aromatic heterocycles. The monoisotopic (exact) mass is 725 g/mol. The highest BCUT2D eigenvalue weighted by atomic mass is 15.0. The lowest BCUT2D eigenvalue weighted by molar-refractivity contribution is 1.18. The molecule has 0 atom stereocenters. The van der Waals surface area contributed by atoms with Crippen molar-refractivity contribution in [1.82, 2.24) is 19.5 Å². The standard InChI is InChI=1S/C52H31N5/c1-53-43-32-44-52(56-51(35-17-6-3-7-18-35)50(55-44)34-15-4-2-5-16-34)48-47(43)41-23-8-11-24-42(41)54-49(48)37-20-14-19-36(31-37)33-27-29-38(30-28-33)57-45-25-12-9-21-39(45)40-22-10-13-26-46(40)57/h2-32H. The molecule has 0 bridgehead atoms. The third-order valence-electron chi connectivity index (χ3n) is 11.0. The Morgan fingerprint density at radius 1 is 0.386 bits per heavy atom. The first-order valence-corrected chi connectivity index (χ1v) is 19.0. The molecule has 0 amide bonds. The van der Waals surface area contributed by atoms with Crippen molar-refractivity contribution in [3.63, 3.8) is 0 Å². The van der Waals surface area contributed by atoms with Gasteiger partial charge in [-0.1, -0.05) is 146 Å². The second-order valence-electron chi connectivity index (χ2n) is 14.3. The smallest absolute Gasteiger partial charge is 0.197 e. The van der Waals surface area contributed by atoms with Crippen LogP contribution >= 0.6 is 0 Å². The van der Waals surface area contributed by atoms with Crippen molar-refractivity contribution in [3.8, 4) is 50.6 Å². The largest absolute Gasteiger partial charge is 0.309 e. The normalized spacial score (nSPS) is 11.5. The quantitative estimate of drug-likeness (QED) is 0.131. The summed E-state index contributed by atoms with van der Waals surface area (Å²) in [7, 11) is 0. The first kappa shape index (κ1) is 32.5. The van der Waals surface area contributed by atoms with Gasteiger partial charge in [-0.2, -0.15) is 0 Å². The van der Waals surface area contributed by atoms with Gasteiger partial charge in [0.15, 0.2) is 5.69 Å². The van der Waals surface area contributed by atoms with Crippen LogP contribution in [0.4, 0.5) is 5.69 Å². The van der Waals surface area contributed by atoms with E-state index in [1.54, 1.807) is 0 Å². The Morgan fingerprint density at radius 3 is 1.60 bits per heavy atom. The Bertz CT molecular complexity index is 3340. The van der Waals surface area contributed by atoms with Crippen molar-refractivity contribution in [2.75, 3.05) is 0 Å². The molecule has 0 radical (unpaired) electrons. The number of pyridine rings is 1. The molecule has 5 nitrogen and oxygen atoms in total. The van der Waals surface area contributed by atoms with E-state index >= 15 is 0 Å². The number of fused-ring (bicyclic) bond motifs is 8. The molecule has 11 aromatic rings. The Kier molecular flexibility index (Phi) is 7.48. The maximum atomic E-state index is 8.41. The summed E-state index contributed by atoms with van der Waals surface area (Å²) < 4.78 is 2.34. The van der Waals surface area contributed by atoms with Crippen LogP contribution < -0.4 is 0 Å². The summed E-state index contributed by atoms with van der Waals surface area (Å²) in [5.41, 5.74) is 13.5. The molecular weight excluding hydrogens is 695 g/mol. The molecule has 0 N–H and O–H groups in total. The SMILES string of the molecule is [C-]#[N+]c1cc2nc(-c3ccccc3)c(-c3ccccc3)nc2c2c(-c3cccc(-c4ccc(-n5c6ccccc6c6ccccc65)cc4)c3)nc3ccccc3c12. The van der Waals surface area contributed by atoms with Crippen molar-refractivity contribution in [3.05, 3.63) is 199 Å². The van der Waals surface area contributed by atoms with Gasteiger partial charge in [-0.25, -0.2) is 19.8 Å². The minimum absolute atomic E-state index is 0.523. The fourth-order valence-corrected chi connectivity index (χ4v) is 8.38. The molecular formula is C52H31N5. The van der Waals surface area contributed by atoms with E-state index in [2.05, 4.69) is 131 Å². The predicted octanol–water partition coefficient (Wildman–Crippen LogP) is 13.6. The topological polar surface area (TPSA) is 48.0 Å². The number of nitrogens with zero attached hydrogens (tertiary/aromatic N) is 5. The van der Waals surface area contributed by atoms with E-state index in [9.17, 15) is 0 Å². The molecule has 0 saturated heterocycles. The highest BCUT2D eigenvalue weighted by Crippen LogP contribution is 2.44. The maximum Gasteiger partial charge on any atom is 0.197 e. The van der Waals surface area contributed by atoms with Gasteiger partial charge in [0.05, 0.1) is 51.2 Å². The predicted molar refractivity (Wildman–Crippen MR) is 235 cm³/mol. The van der Waals surface area contributed by atoms with E-state index in [4.69, 9.17) is 21.5 Å². The van der Waals surface area contributed by atoms with Gasteiger partial charge < -0.3 is 4.57 Å². The van der Waals surface area contributed by atoms with Gasteiger partial charge in [0.2, 0.25) is 0 Å². The molecule has 5 heteroatoms. The van der Waals surface area contributed by atoms with Crippen LogP contribution in [0, 0.1) is 6.57 Å². The van der Waals surface area contributed by atoms with Crippen LogP contribution in [0.1, 0.15) is 0 Å². The highest BCUT2D eigenvalue weighted by Gasteiger charge is 2.22. The van der Waals surface area contributed by atoms with Gasteiger partial charge in [-0.05, 0) is 59.0 Å². The average molecular weight is 726 g/mol. The molecule has 8 aromatic carbocycles. The molecule has 0 aliphatic heterocycles. The van der Waals surface area contributed by atoms with Crippen LogP contribution in [0.2, 0.25) is 0 Å². The number of rotatable bonds is 5. The first-order chi connectivity index (χ1) is 28.2. The summed E-state index contributed by atoms with van der Waals surface area (Å²) in [4.78, 5) is 20.2. The number of hydrogen-bond donors (Lipinski definition) is 0. The molecule has 264 valence electrons. The van der Waals surface area contributed by atoms with Crippen LogP contribution in [0.5, 0.6) is 0 Å². The van der Waals surface area contributed by atoms with Crippen molar-refractivity contribution in [2.45, 2.75) is 0 Å². The Morgan fingerprint density at radius 2 is 0.930 bits per heavy atom. The summed E-state index contributed by atoms with van der Waals surface area (Å²) in [6, 6.07) is 64.8. The van der Waals surface area contributed by atoms with Crippen molar-refractivity contribution in [1.29, 1.82) is 0 Å². The van der Waals surface area contributed by atoms with Gasteiger partial charge in [0.25, 0.3) is 0 Å². The molecule has 0 saturated carbocycles. The van der Waals surface area contributed by atoms with E-state index in [-0.39, 0.29) is 0 Å². The fourth-order valence-electron chi connectivity index (χ4n) is 8.38. The summed E-state index contributed by atoms with van der Waals surface area (Å²) in [6.07, 6.45) is 0. The summed E-state index contributed by atoms with van der Waals surface area (Å²) in [5, 5.41) is 5.05. The summed E-state index contributed by atoms with van der Waals surface area (Å²) >= 11 is 0. The van der Waals surface area contributed by atoms with Crippen LogP contribution in [0.3, 0.4) is 0 Å². The molecule has 0 fully saturated rings. The number of benzene rings is 8. The number of hydrogen-bond acceptors (Lipinski definition) is 3. The zero-order valence-corrected chi connectivity index (χ0v) is 30.6. The van der Waals surface area contributed by atoms with E-state index in [1.165, 1.54) is 21.8 Å².